The number of pyridine rings is 1. The molecular formula is C19H23N3O4S. The summed E-state index contributed by atoms with van der Waals surface area (Å²) < 4.78 is 28.6. The van der Waals surface area contributed by atoms with Crippen LogP contribution >= 0.6 is 0 Å². The summed E-state index contributed by atoms with van der Waals surface area (Å²) in [5.41, 5.74) is 2.49. The fourth-order valence-corrected chi connectivity index (χ4v) is 3.93. The molecule has 1 amide bonds. The molecule has 7 nitrogen and oxygen atoms in total. The molecule has 27 heavy (non-hydrogen) atoms. The Bertz CT molecular complexity index is 938. The molecule has 0 atom stereocenters. The number of morpholine rings is 1. The van der Waals surface area contributed by atoms with E-state index < -0.39 is 9.84 Å². The molecule has 1 aliphatic heterocycles. The van der Waals surface area contributed by atoms with Gasteiger partial charge in [-0.25, -0.2) is 13.4 Å². The number of aromatic nitrogens is 1. The van der Waals surface area contributed by atoms with Gasteiger partial charge in [-0.1, -0.05) is 12.1 Å². The van der Waals surface area contributed by atoms with Gasteiger partial charge in [-0.3, -0.25) is 4.79 Å². The van der Waals surface area contributed by atoms with Crippen LogP contribution in [-0.2, 0) is 20.3 Å². The molecule has 0 spiro atoms. The fourth-order valence-electron chi connectivity index (χ4n) is 3.05. The third-order valence-corrected chi connectivity index (χ3v) is 5.29. The number of carbonyl (C=O) groups excluding carboxylic acids is 1. The highest BCUT2D eigenvalue weighted by Gasteiger charge is 2.20. The second-order valence-electron chi connectivity index (χ2n) is 6.59. The Kier molecular flexibility index (Phi) is 5.76. The topological polar surface area (TPSA) is 88.6 Å². The van der Waals surface area contributed by atoms with E-state index in [1.165, 1.54) is 6.26 Å². The molecule has 1 aromatic carbocycles. The molecule has 0 bridgehead atoms. The summed E-state index contributed by atoms with van der Waals surface area (Å²) in [6.07, 6.45) is 2.86. The van der Waals surface area contributed by atoms with Gasteiger partial charge in [-0.15, -0.1) is 0 Å². The van der Waals surface area contributed by atoms with Gasteiger partial charge in [-0.2, -0.15) is 0 Å². The number of rotatable bonds is 5. The van der Waals surface area contributed by atoms with Crippen molar-refractivity contribution in [2.75, 3.05) is 42.8 Å². The number of ether oxygens (including phenoxy) is 1. The van der Waals surface area contributed by atoms with Crippen molar-refractivity contribution in [3.8, 4) is 0 Å². The highest BCUT2D eigenvalue weighted by atomic mass is 32.2. The Balaban J connectivity index is 1.85. The predicted octanol–water partition coefficient (Wildman–Crippen LogP) is 2.02. The van der Waals surface area contributed by atoms with Crippen LogP contribution in [0.3, 0.4) is 0 Å². The van der Waals surface area contributed by atoms with Gasteiger partial charge < -0.3 is 15.0 Å². The average Bonchev–Trinajstić information content (AvgIpc) is 2.64. The second-order valence-corrected chi connectivity index (χ2v) is 8.73. The minimum atomic E-state index is -3.16. The Hall–Kier alpha value is -2.45. The molecule has 2 aromatic rings. The van der Waals surface area contributed by atoms with Crippen molar-refractivity contribution in [3.63, 3.8) is 0 Å². The molecule has 144 valence electrons. The summed E-state index contributed by atoms with van der Waals surface area (Å²) in [6.45, 7) is 4.37. The van der Waals surface area contributed by atoms with Crippen LogP contribution in [0.5, 0.6) is 0 Å². The maximum atomic E-state index is 12.9. The minimum absolute atomic E-state index is 0.0610. The summed E-state index contributed by atoms with van der Waals surface area (Å²) in [6, 6.07) is 8.74. The first kappa shape index (κ1) is 19.3. The summed E-state index contributed by atoms with van der Waals surface area (Å²) in [5.74, 6) is 0.293. The van der Waals surface area contributed by atoms with Crippen LogP contribution in [0.4, 0.5) is 11.5 Å². The smallest absolute Gasteiger partial charge is 0.259 e. The lowest BCUT2D eigenvalue weighted by Gasteiger charge is -2.29. The van der Waals surface area contributed by atoms with E-state index in [2.05, 4.69) is 10.3 Å². The van der Waals surface area contributed by atoms with E-state index in [1.54, 1.807) is 36.5 Å². The maximum absolute atomic E-state index is 12.9. The van der Waals surface area contributed by atoms with Gasteiger partial charge in [0.25, 0.3) is 5.91 Å². The molecule has 0 aliphatic carbocycles. The molecule has 3 rings (SSSR count). The first-order valence-corrected chi connectivity index (χ1v) is 10.8. The molecule has 0 saturated carbocycles. The van der Waals surface area contributed by atoms with Gasteiger partial charge in [0, 0.05) is 31.2 Å². The van der Waals surface area contributed by atoms with E-state index >= 15 is 0 Å². The number of amides is 1. The quantitative estimate of drug-likeness (QED) is 0.842. The SMILES string of the molecule is Cc1c(CS(C)(=O)=O)cccc1NC(=O)c1cccnc1N1CCOCC1. The van der Waals surface area contributed by atoms with E-state index in [4.69, 9.17) is 4.74 Å². The largest absolute Gasteiger partial charge is 0.378 e. The minimum Gasteiger partial charge on any atom is -0.378 e. The van der Waals surface area contributed by atoms with Gasteiger partial charge in [0.2, 0.25) is 0 Å². The fraction of sp³-hybridized carbons (Fsp3) is 0.368. The van der Waals surface area contributed by atoms with Crippen LogP contribution in [0.25, 0.3) is 0 Å². The van der Waals surface area contributed by atoms with Crippen LogP contribution in [0.1, 0.15) is 21.5 Å². The summed E-state index contributed by atoms with van der Waals surface area (Å²) in [7, 11) is -3.16. The molecule has 8 heteroatoms. The number of nitrogens with one attached hydrogen (secondary N) is 1. The number of anilines is 2. The summed E-state index contributed by atoms with van der Waals surface area (Å²) in [5, 5.41) is 2.90. The Morgan fingerprint density at radius 2 is 1.96 bits per heavy atom. The van der Waals surface area contributed by atoms with Gasteiger partial charge in [0.1, 0.15) is 5.82 Å². The Morgan fingerprint density at radius 1 is 1.22 bits per heavy atom. The molecule has 1 fully saturated rings. The summed E-state index contributed by atoms with van der Waals surface area (Å²) in [4.78, 5) is 19.3. The molecule has 1 aliphatic rings. The first-order chi connectivity index (χ1) is 12.8. The first-order valence-electron chi connectivity index (χ1n) is 8.70. The van der Waals surface area contributed by atoms with Crippen LogP contribution < -0.4 is 10.2 Å². The standard InChI is InChI=1S/C19H23N3O4S/c1-14-15(13-27(2,24)25)5-3-7-17(14)21-19(23)16-6-4-8-20-18(16)22-9-11-26-12-10-22/h3-8H,9-13H2,1-2H3,(H,21,23). The van der Waals surface area contributed by atoms with Gasteiger partial charge in [-0.05, 0) is 36.2 Å². The number of carbonyl (C=O) groups is 1. The maximum Gasteiger partial charge on any atom is 0.259 e. The van der Waals surface area contributed by atoms with Crippen molar-refractivity contribution in [3.05, 3.63) is 53.2 Å². The Labute approximate surface area is 159 Å². The average molecular weight is 389 g/mol. The lowest BCUT2D eigenvalue weighted by atomic mass is 10.1. The second kappa shape index (κ2) is 8.06. The Morgan fingerprint density at radius 3 is 2.67 bits per heavy atom. The molecule has 2 heterocycles. The highest BCUT2D eigenvalue weighted by molar-refractivity contribution is 7.89. The number of benzene rings is 1. The number of nitrogens with zero attached hydrogens (tertiary/aromatic N) is 2. The normalized spacial score (nSPS) is 14.8. The van der Waals surface area contributed by atoms with Gasteiger partial charge >= 0.3 is 0 Å². The molecule has 1 aromatic heterocycles. The molecule has 0 radical (unpaired) electrons. The van der Waals surface area contributed by atoms with Crippen LogP contribution in [0.2, 0.25) is 0 Å². The van der Waals surface area contributed by atoms with E-state index in [0.717, 1.165) is 5.56 Å². The van der Waals surface area contributed by atoms with Crippen LogP contribution in [-0.4, -0.2) is 51.9 Å². The van der Waals surface area contributed by atoms with Crippen molar-refractivity contribution >= 4 is 27.2 Å². The van der Waals surface area contributed by atoms with E-state index in [-0.39, 0.29) is 11.7 Å². The zero-order valence-electron chi connectivity index (χ0n) is 15.4. The number of hydrogen-bond acceptors (Lipinski definition) is 6. The van der Waals surface area contributed by atoms with E-state index in [9.17, 15) is 13.2 Å². The molecule has 1 N–H and O–H groups in total. The number of sulfone groups is 1. The summed E-state index contributed by atoms with van der Waals surface area (Å²) >= 11 is 0. The lowest BCUT2D eigenvalue weighted by molar-refractivity contribution is 0.102. The predicted molar refractivity (Wildman–Crippen MR) is 105 cm³/mol. The van der Waals surface area contributed by atoms with Gasteiger partial charge in [0.15, 0.2) is 9.84 Å². The van der Waals surface area contributed by atoms with Crippen LogP contribution in [0, 0.1) is 6.92 Å². The zero-order valence-corrected chi connectivity index (χ0v) is 16.3. The van der Waals surface area contributed by atoms with E-state index in [1.807, 2.05) is 11.8 Å². The van der Waals surface area contributed by atoms with Crippen molar-refractivity contribution in [1.29, 1.82) is 0 Å². The van der Waals surface area contributed by atoms with E-state index in [0.29, 0.717) is 48.9 Å². The third-order valence-electron chi connectivity index (χ3n) is 4.45. The lowest BCUT2D eigenvalue weighted by Crippen LogP contribution is -2.38. The monoisotopic (exact) mass is 389 g/mol. The highest BCUT2D eigenvalue weighted by Crippen LogP contribution is 2.24. The third kappa shape index (κ3) is 4.84. The molecular weight excluding hydrogens is 366 g/mol. The van der Waals surface area contributed by atoms with Crippen molar-refractivity contribution in [2.45, 2.75) is 12.7 Å². The van der Waals surface area contributed by atoms with Crippen molar-refractivity contribution < 1.29 is 17.9 Å². The zero-order chi connectivity index (χ0) is 19.4. The van der Waals surface area contributed by atoms with Gasteiger partial charge in [0.05, 0.1) is 24.5 Å². The van der Waals surface area contributed by atoms with Crippen molar-refractivity contribution in [1.82, 2.24) is 4.98 Å². The molecule has 1 saturated heterocycles. The molecule has 0 unspecified atom stereocenters. The van der Waals surface area contributed by atoms with Crippen molar-refractivity contribution in [2.24, 2.45) is 0 Å². The number of hydrogen-bond donors (Lipinski definition) is 1. The van der Waals surface area contributed by atoms with Crippen LogP contribution in [0.15, 0.2) is 36.5 Å².